The van der Waals surface area contributed by atoms with E-state index >= 15 is 0 Å². The number of nitrogens with zero attached hydrogens (tertiary/aromatic N) is 3. The first-order valence-corrected chi connectivity index (χ1v) is 11.3. The Morgan fingerprint density at radius 2 is 1.64 bits per heavy atom. The normalized spacial score (nSPS) is 17.3. The number of rotatable bonds is 4. The van der Waals surface area contributed by atoms with Crippen LogP contribution >= 0.6 is 0 Å². The number of benzene rings is 2. The van der Waals surface area contributed by atoms with E-state index in [1.807, 2.05) is 82.0 Å². The van der Waals surface area contributed by atoms with E-state index in [1.165, 1.54) is 0 Å². The first-order chi connectivity index (χ1) is 16.0. The highest BCUT2D eigenvalue weighted by Gasteiger charge is 2.33. The number of hydrogen-bond acceptors (Lipinski definition) is 3. The second-order valence-corrected chi connectivity index (χ2v) is 8.63. The fraction of sp³-hybridized carbons (Fsp3) is 0.259. The van der Waals surface area contributed by atoms with Crippen LogP contribution in [-0.2, 0) is 0 Å². The average molecular weight is 442 g/mol. The van der Waals surface area contributed by atoms with Crippen molar-refractivity contribution in [2.45, 2.75) is 25.9 Å². The Hall–Kier alpha value is -3.80. The topological polar surface area (TPSA) is 58.7 Å². The molecule has 4 aromatic rings. The van der Waals surface area contributed by atoms with E-state index in [0.29, 0.717) is 36.6 Å². The first kappa shape index (κ1) is 21.1. The molecule has 0 bridgehead atoms. The van der Waals surface area contributed by atoms with Crippen molar-refractivity contribution in [3.8, 4) is 0 Å². The molecule has 2 atom stereocenters. The fourth-order valence-electron chi connectivity index (χ4n) is 4.73. The van der Waals surface area contributed by atoms with Gasteiger partial charge < -0.3 is 14.2 Å². The zero-order valence-corrected chi connectivity index (χ0v) is 18.8. The summed E-state index contributed by atoms with van der Waals surface area (Å²) in [6, 6.07) is 23.1. The van der Waals surface area contributed by atoms with Crippen LogP contribution in [0.25, 0.3) is 11.1 Å². The maximum absolute atomic E-state index is 13.7. The van der Waals surface area contributed by atoms with Gasteiger partial charge in [0.25, 0.3) is 11.8 Å². The highest BCUT2D eigenvalue weighted by atomic mass is 16.3. The summed E-state index contributed by atoms with van der Waals surface area (Å²) < 4.78 is 7.75. The van der Waals surface area contributed by atoms with Gasteiger partial charge in [0.15, 0.2) is 0 Å². The third kappa shape index (κ3) is 3.82. The van der Waals surface area contributed by atoms with Crippen LogP contribution in [0.5, 0.6) is 0 Å². The maximum atomic E-state index is 13.7. The third-order valence-electron chi connectivity index (χ3n) is 6.53. The van der Waals surface area contributed by atoms with Gasteiger partial charge in [-0.2, -0.15) is 0 Å². The Kier molecular flexibility index (Phi) is 5.50. The molecule has 5 rings (SSSR count). The van der Waals surface area contributed by atoms with Crippen molar-refractivity contribution in [3.63, 3.8) is 0 Å². The van der Waals surface area contributed by atoms with E-state index in [9.17, 15) is 9.59 Å². The zero-order valence-electron chi connectivity index (χ0n) is 18.8. The molecule has 1 saturated heterocycles. The van der Waals surface area contributed by atoms with Crippen LogP contribution in [0.15, 0.2) is 83.5 Å². The molecule has 6 heteroatoms. The monoisotopic (exact) mass is 441 g/mol. The highest BCUT2D eigenvalue weighted by Crippen LogP contribution is 2.30. The summed E-state index contributed by atoms with van der Waals surface area (Å²) in [6.45, 7) is 5.56. The Balaban J connectivity index is 1.40. The van der Waals surface area contributed by atoms with Crippen LogP contribution < -0.4 is 0 Å². The van der Waals surface area contributed by atoms with Crippen LogP contribution in [0.3, 0.4) is 0 Å². The van der Waals surface area contributed by atoms with Gasteiger partial charge in [-0.3, -0.25) is 14.2 Å². The summed E-state index contributed by atoms with van der Waals surface area (Å²) in [5, 5.41) is 0.909. The zero-order chi connectivity index (χ0) is 22.9. The van der Waals surface area contributed by atoms with Crippen LogP contribution in [0.2, 0.25) is 0 Å². The second-order valence-electron chi connectivity index (χ2n) is 8.63. The lowest BCUT2D eigenvalue weighted by Crippen LogP contribution is -2.55. The molecule has 3 heterocycles. The first-order valence-electron chi connectivity index (χ1n) is 11.3. The lowest BCUT2D eigenvalue weighted by Gasteiger charge is -2.40. The van der Waals surface area contributed by atoms with Gasteiger partial charge in [0.05, 0.1) is 12.3 Å². The van der Waals surface area contributed by atoms with E-state index in [2.05, 4.69) is 19.1 Å². The van der Waals surface area contributed by atoms with Gasteiger partial charge >= 0.3 is 0 Å². The van der Waals surface area contributed by atoms with Gasteiger partial charge in [0.2, 0.25) is 5.71 Å². The number of hydrogen-bond donors (Lipinski definition) is 0. The van der Waals surface area contributed by atoms with Gasteiger partial charge in [-0.05, 0) is 43.7 Å². The molecule has 1 aliphatic heterocycles. The third-order valence-corrected chi connectivity index (χ3v) is 6.53. The minimum atomic E-state index is -0.0756. The molecule has 0 radical (unpaired) electrons. The van der Waals surface area contributed by atoms with E-state index in [4.69, 9.17) is 4.42 Å². The van der Waals surface area contributed by atoms with Gasteiger partial charge in [-0.15, -0.1) is 0 Å². The summed E-state index contributed by atoms with van der Waals surface area (Å²) in [5.41, 5.74) is 3.08. The quantitative estimate of drug-likeness (QED) is 0.456. The average Bonchev–Trinajstić information content (AvgIpc) is 3.45. The van der Waals surface area contributed by atoms with Crippen LogP contribution in [-0.4, -0.2) is 51.9 Å². The highest BCUT2D eigenvalue weighted by molar-refractivity contribution is 5.98. The van der Waals surface area contributed by atoms with Crippen LogP contribution in [0.1, 0.15) is 46.3 Å². The lowest BCUT2D eigenvalue weighted by atomic mass is 10.1. The van der Waals surface area contributed by atoms with Gasteiger partial charge in [0, 0.05) is 36.6 Å². The maximum Gasteiger partial charge on any atom is 0.270 e. The molecule has 2 aromatic heterocycles. The molecule has 168 valence electrons. The molecule has 0 aliphatic carbocycles. The van der Waals surface area contributed by atoms with Crippen molar-refractivity contribution in [2.75, 3.05) is 19.6 Å². The molecule has 0 spiro atoms. The van der Waals surface area contributed by atoms with Crippen molar-refractivity contribution < 1.29 is 14.0 Å². The molecule has 6 nitrogen and oxygen atoms in total. The Labute approximate surface area is 193 Å². The molecular weight excluding hydrogens is 414 g/mol. The standard InChI is InChI=1S/C27H27N3O3/c1-19-18-28(14-15-29(19)25(31)22-11-7-4-8-12-22)26(32)24-17-23-13-16-33-27(23)30(24)20(2)21-9-5-3-6-10-21/h3-13,16-17,19-20H,14-15,18H2,1-2H3/t19-,20+/m0/s1. The van der Waals surface area contributed by atoms with Crippen molar-refractivity contribution in [1.82, 2.24) is 14.4 Å². The summed E-state index contributed by atoms with van der Waals surface area (Å²) in [4.78, 5) is 30.3. The molecule has 0 N–H and O–H groups in total. The SMILES string of the molecule is C[C@H](c1ccccc1)n1c(C(=O)N2CCN(C(=O)c3ccccc3)[C@@H](C)C2)cc2ccoc21. The number of fused-ring (bicyclic) bond motifs is 1. The van der Waals surface area contributed by atoms with Crippen molar-refractivity contribution in [3.05, 3.63) is 95.9 Å². The van der Waals surface area contributed by atoms with Crippen molar-refractivity contribution >= 4 is 22.9 Å². The number of furan rings is 1. The van der Waals surface area contributed by atoms with E-state index in [1.54, 1.807) is 6.26 Å². The number of carbonyl (C=O) groups excluding carboxylic acids is 2. The minimum Gasteiger partial charge on any atom is -0.448 e. The fourth-order valence-corrected chi connectivity index (χ4v) is 4.73. The summed E-state index contributed by atoms with van der Waals surface area (Å²) in [7, 11) is 0. The molecule has 2 aromatic carbocycles. The lowest BCUT2D eigenvalue weighted by molar-refractivity contribution is 0.0409. The number of carbonyl (C=O) groups is 2. The van der Waals surface area contributed by atoms with Crippen LogP contribution in [0.4, 0.5) is 0 Å². The Morgan fingerprint density at radius 1 is 0.939 bits per heavy atom. The molecule has 2 amide bonds. The van der Waals surface area contributed by atoms with Gasteiger partial charge in [-0.25, -0.2) is 0 Å². The van der Waals surface area contributed by atoms with E-state index in [-0.39, 0.29) is 23.9 Å². The second kappa shape index (κ2) is 8.62. The van der Waals surface area contributed by atoms with E-state index in [0.717, 1.165) is 10.9 Å². The molecule has 1 fully saturated rings. The number of aromatic nitrogens is 1. The van der Waals surface area contributed by atoms with Crippen molar-refractivity contribution in [1.29, 1.82) is 0 Å². The smallest absolute Gasteiger partial charge is 0.270 e. The van der Waals surface area contributed by atoms with E-state index < -0.39 is 0 Å². The molecular formula is C27H27N3O3. The number of piperazine rings is 1. The molecule has 1 aliphatic rings. The minimum absolute atomic E-state index is 0.00814. The summed E-state index contributed by atoms with van der Waals surface area (Å²) >= 11 is 0. The molecule has 33 heavy (non-hydrogen) atoms. The predicted octanol–water partition coefficient (Wildman–Crippen LogP) is 4.83. The Morgan fingerprint density at radius 3 is 2.33 bits per heavy atom. The van der Waals surface area contributed by atoms with Gasteiger partial charge in [-0.1, -0.05) is 48.5 Å². The molecule has 0 unspecified atom stereocenters. The van der Waals surface area contributed by atoms with Gasteiger partial charge in [0.1, 0.15) is 5.69 Å². The largest absolute Gasteiger partial charge is 0.448 e. The predicted molar refractivity (Wildman–Crippen MR) is 127 cm³/mol. The number of amides is 2. The molecule has 0 saturated carbocycles. The summed E-state index contributed by atoms with van der Waals surface area (Å²) in [5.74, 6) is -0.0309. The summed E-state index contributed by atoms with van der Waals surface area (Å²) in [6.07, 6.45) is 1.66. The van der Waals surface area contributed by atoms with Crippen LogP contribution in [0, 0.1) is 0 Å². The van der Waals surface area contributed by atoms with Crippen molar-refractivity contribution in [2.24, 2.45) is 0 Å². The Bertz CT molecular complexity index is 1280.